The number of pyridine rings is 1. The molecule has 1 fully saturated rings. The third-order valence-corrected chi connectivity index (χ3v) is 2.87. The van der Waals surface area contributed by atoms with Gasteiger partial charge in [-0.25, -0.2) is 4.79 Å². The van der Waals surface area contributed by atoms with Gasteiger partial charge in [0.1, 0.15) is 5.56 Å². The Labute approximate surface area is 100 Å². The molecule has 0 bridgehead atoms. The number of rotatable bonds is 2. The van der Waals surface area contributed by atoms with Crippen LogP contribution in [0.5, 0.6) is 0 Å². The summed E-state index contributed by atoms with van der Waals surface area (Å²) in [6, 6.07) is 1.84. The summed E-state index contributed by atoms with van der Waals surface area (Å²) in [6.07, 6.45) is 0. The minimum Gasteiger partial charge on any atom is -0.478 e. The summed E-state index contributed by atoms with van der Waals surface area (Å²) < 4.78 is 5.28. The van der Waals surface area contributed by atoms with E-state index in [2.05, 4.69) is 9.88 Å². The van der Waals surface area contributed by atoms with Crippen LogP contribution in [-0.2, 0) is 4.74 Å². The van der Waals surface area contributed by atoms with E-state index in [0.29, 0.717) is 24.5 Å². The Hall–Kier alpha value is -1.62. The van der Waals surface area contributed by atoms with Gasteiger partial charge in [0.15, 0.2) is 0 Å². The average Bonchev–Trinajstić information content (AvgIpc) is 2.28. The van der Waals surface area contributed by atoms with Crippen molar-refractivity contribution in [1.29, 1.82) is 0 Å². The number of carboxylic acids is 1. The fourth-order valence-electron chi connectivity index (χ4n) is 2.13. The molecule has 2 heterocycles. The highest BCUT2D eigenvalue weighted by molar-refractivity contribution is 5.95. The maximum absolute atomic E-state index is 11.3. The van der Waals surface area contributed by atoms with Crippen LogP contribution >= 0.6 is 0 Å². The quantitative estimate of drug-likeness (QED) is 0.836. The van der Waals surface area contributed by atoms with Crippen molar-refractivity contribution in [1.82, 2.24) is 4.98 Å². The second kappa shape index (κ2) is 4.71. The summed E-state index contributed by atoms with van der Waals surface area (Å²) in [7, 11) is 0. The Morgan fingerprint density at radius 1 is 1.41 bits per heavy atom. The lowest BCUT2D eigenvalue weighted by atomic mass is 10.1. The number of hydrogen-bond acceptors (Lipinski definition) is 4. The van der Waals surface area contributed by atoms with Crippen molar-refractivity contribution < 1.29 is 14.6 Å². The summed E-state index contributed by atoms with van der Waals surface area (Å²) in [5.41, 5.74) is 2.47. The maximum Gasteiger partial charge on any atom is 0.339 e. The zero-order chi connectivity index (χ0) is 12.4. The van der Waals surface area contributed by atoms with E-state index in [1.807, 2.05) is 13.0 Å². The van der Waals surface area contributed by atoms with Crippen molar-refractivity contribution in [3.8, 4) is 0 Å². The molecule has 1 aromatic rings. The second-order valence-corrected chi connectivity index (χ2v) is 4.15. The van der Waals surface area contributed by atoms with Crippen molar-refractivity contribution in [2.75, 3.05) is 31.2 Å². The number of carbonyl (C=O) groups is 1. The van der Waals surface area contributed by atoms with Crippen molar-refractivity contribution in [3.63, 3.8) is 0 Å². The Morgan fingerprint density at radius 2 is 2.06 bits per heavy atom. The highest BCUT2D eigenvalue weighted by Crippen LogP contribution is 2.24. The molecule has 0 saturated carbocycles. The molecule has 0 atom stereocenters. The lowest BCUT2D eigenvalue weighted by molar-refractivity contribution is 0.0695. The highest BCUT2D eigenvalue weighted by Gasteiger charge is 2.21. The van der Waals surface area contributed by atoms with E-state index in [-0.39, 0.29) is 0 Å². The predicted octanol–water partition coefficient (Wildman–Crippen LogP) is 1.23. The lowest BCUT2D eigenvalue weighted by Gasteiger charge is -2.30. The Morgan fingerprint density at radius 3 is 2.65 bits per heavy atom. The van der Waals surface area contributed by atoms with Gasteiger partial charge in [-0.3, -0.25) is 4.98 Å². The summed E-state index contributed by atoms with van der Waals surface area (Å²) in [5, 5.41) is 9.27. The zero-order valence-corrected chi connectivity index (χ0v) is 10.1. The molecule has 0 spiro atoms. The molecular weight excluding hydrogens is 220 g/mol. The first kappa shape index (κ1) is 11.9. The third-order valence-electron chi connectivity index (χ3n) is 2.87. The molecule has 0 amide bonds. The van der Waals surface area contributed by atoms with E-state index in [4.69, 9.17) is 4.74 Å². The zero-order valence-electron chi connectivity index (χ0n) is 10.1. The topological polar surface area (TPSA) is 62.7 Å². The third kappa shape index (κ3) is 2.39. The molecule has 0 aliphatic carbocycles. The molecule has 1 aliphatic rings. The van der Waals surface area contributed by atoms with Gasteiger partial charge in [0.2, 0.25) is 0 Å². The van der Waals surface area contributed by atoms with Crippen LogP contribution in [0, 0.1) is 13.8 Å². The monoisotopic (exact) mass is 236 g/mol. The van der Waals surface area contributed by atoms with Crippen LogP contribution in [0.15, 0.2) is 6.07 Å². The molecule has 0 radical (unpaired) electrons. The highest BCUT2D eigenvalue weighted by atomic mass is 16.5. The van der Waals surface area contributed by atoms with E-state index >= 15 is 0 Å². The summed E-state index contributed by atoms with van der Waals surface area (Å²) in [4.78, 5) is 17.6. The number of anilines is 1. The normalized spacial score (nSPS) is 16.0. The van der Waals surface area contributed by atoms with E-state index in [0.717, 1.165) is 24.5 Å². The number of morpholine rings is 1. The van der Waals surface area contributed by atoms with Crippen molar-refractivity contribution >= 4 is 11.7 Å². The number of nitrogens with zero attached hydrogens (tertiary/aromatic N) is 2. The SMILES string of the molecule is Cc1cc(N2CCOCC2)c(C(=O)O)c(C)n1. The largest absolute Gasteiger partial charge is 0.478 e. The number of aromatic carboxylic acids is 1. The van der Waals surface area contributed by atoms with Crippen LogP contribution in [0.1, 0.15) is 21.7 Å². The number of aromatic nitrogens is 1. The first-order valence-corrected chi connectivity index (χ1v) is 5.64. The van der Waals surface area contributed by atoms with Gasteiger partial charge >= 0.3 is 5.97 Å². The fraction of sp³-hybridized carbons (Fsp3) is 0.500. The minimum absolute atomic E-state index is 0.303. The van der Waals surface area contributed by atoms with Gasteiger partial charge in [-0.2, -0.15) is 0 Å². The lowest BCUT2D eigenvalue weighted by Crippen LogP contribution is -2.37. The van der Waals surface area contributed by atoms with E-state index in [1.165, 1.54) is 0 Å². The van der Waals surface area contributed by atoms with Crippen LogP contribution in [0.2, 0.25) is 0 Å². The number of aryl methyl sites for hydroxylation is 2. The van der Waals surface area contributed by atoms with Gasteiger partial charge in [0.25, 0.3) is 0 Å². The van der Waals surface area contributed by atoms with Gasteiger partial charge < -0.3 is 14.7 Å². The number of carboxylic acid groups (broad SMARTS) is 1. The molecule has 0 unspecified atom stereocenters. The van der Waals surface area contributed by atoms with Crippen LogP contribution < -0.4 is 4.90 Å². The summed E-state index contributed by atoms with van der Waals surface area (Å²) in [6.45, 7) is 6.34. The van der Waals surface area contributed by atoms with Gasteiger partial charge in [0.05, 0.1) is 24.6 Å². The van der Waals surface area contributed by atoms with Gasteiger partial charge in [0, 0.05) is 18.8 Å². The molecule has 1 aromatic heterocycles. The molecule has 0 aromatic carbocycles. The van der Waals surface area contributed by atoms with Gasteiger partial charge in [-0.1, -0.05) is 0 Å². The first-order valence-electron chi connectivity index (χ1n) is 5.64. The second-order valence-electron chi connectivity index (χ2n) is 4.15. The molecule has 5 heteroatoms. The van der Waals surface area contributed by atoms with Crippen LogP contribution in [-0.4, -0.2) is 42.4 Å². The predicted molar refractivity (Wildman–Crippen MR) is 63.7 cm³/mol. The molecule has 92 valence electrons. The summed E-state index contributed by atoms with van der Waals surface area (Å²) >= 11 is 0. The van der Waals surface area contributed by atoms with Gasteiger partial charge in [-0.15, -0.1) is 0 Å². The average molecular weight is 236 g/mol. The fourth-order valence-corrected chi connectivity index (χ4v) is 2.13. The standard InChI is InChI=1S/C12H16N2O3/c1-8-7-10(14-3-5-17-6-4-14)11(12(15)16)9(2)13-8/h7H,3-6H2,1-2H3,(H,15,16). The molecule has 5 nitrogen and oxygen atoms in total. The molecule has 2 rings (SSSR count). The number of hydrogen-bond donors (Lipinski definition) is 1. The van der Waals surface area contributed by atoms with Crippen LogP contribution in [0.4, 0.5) is 5.69 Å². The minimum atomic E-state index is -0.920. The first-order chi connectivity index (χ1) is 8.09. The Kier molecular flexibility index (Phi) is 3.28. The Balaban J connectivity index is 2.46. The summed E-state index contributed by atoms with van der Waals surface area (Å²) in [5.74, 6) is -0.920. The smallest absolute Gasteiger partial charge is 0.339 e. The van der Waals surface area contributed by atoms with Gasteiger partial charge in [-0.05, 0) is 19.9 Å². The molecular formula is C12H16N2O3. The molecule has 17 heavy (non-hydrogen) atoms. The van der Waals surface area contributed by atoms with Crippen molar-refractivity contribution in [3.05, 3.63) is 23.0 Å². The molecule has 1 N–H and O–H groups in total. The van der Waals surface area contributed by atoms with Crippen LogP contribution in [0.3, 0.4) is 0 Å². The molecule has 1 saturated heterocycles. The van der Waals surface area contributed by atoms with Crippen molar-refractivity contribution in [2.45, 2.75) is 13.8 Å². The van der Waals surface area contributed by atoms with E-state index in [1.54, 1.807) is 6.92 Å². The van der Waals surface area contributed by atoms with E-state index < -0.39 is 5.97 Å². The Bertz CT molecular complexity index is 440. The van der Waals surface area contributed by atoms with E-state index in [9.17, 15) is 9.90 Å². The maximum atomic E-state index is 11.3. The molecule has 1 aliphatic heterocycles. The van der Waals surface area contributed by atoms with Crippen LogP contribution in [0.25, 0.3) is 0 Å². The van der Waals surface area contributed by atoms with Crippen molar-refractivity contribution in [2.24, 2.45) is 0 Å². The number of ether oxygens (including phenoxy) is 1.